The predicted molar refractivity (Wildman–Crippen MR) is 335 cm³/mol. The zero-order valence-electron chi connectivity index (χ0n) is 43.8. The maximum atomic E-state index is 7.98. The molecule has 0 saturated carbocycles. The summed E-state index contributed by atoms with van der Waals surface area (Å²) in [6, 6.07) is 108. The molecule has 1 aliphatic rings. The van der Waals surface area contributed by atoms with Crippen LogP contribution in [0.5, 0.6) is 0 Å². The number of benzene rings is 12. The van der Waals surface area contributed by atoms with Gasteiger partial charge in [0.2, 0.25) is 0 Å². The molecule has 0 unspecified atom stereocenters. The van der Waals surface area contributed by atoms with Crippen molar-refractivity contribution in [2.75, 3.05) is 0 Å². The Hall–Kier alpha value is -9.18. The van der Waals surface area contributed by atoms with Gasteiger partial charge in [-0.05, 0) is 84.3 Å². The normalized spacial score (nSPS) is 13.1. The van der Waals surface area contributed by atoms with Gasteiger partial charge in [0.05, 0.1) is 32.8 Å². The van der Waals surface area contributed by atoms with Crippen LogP contribution in [0.3, 0.4) is 0 Å². The van der Waals surface area contributed by atoms with Crippen LogP contribution >= 0.6 is 23.2 Å². The smallest absolute Gasteiger partial charge is 0.0979 e. The van der Waals surface area contributed by atoms with Crippen molar-refractivity contribution in [2.45, 2.75) is 23.7 Å². The van der Waals surface area contributed by atoms with E-state index in [-0.39, 0.29) is 23.7 Å². The summed E-state index contributed by atoms with van der Waals surface area (Å²) in [6.07, 6.45) is 0. The van der Waals surface area contributed by atoms with Crippen LogP contribution in [-0.2, 0) is 0 Å². The SMILES string of the molecule is Clc1cc(C(c2ccccc2)c2ccccc2)cc(C(c2ccccc2)c2ccccc2)c1N=C1C(=Nc2c(Cl)cc(C(c3ccccc3)c3ccccc3)cc2C(c2ccccc2)c2ccccc2)c2cccc3cccc1c23. The van der Waals surface area contributed by atoms with E-state index in [1.54, 1.807) is 0 Å². The van der Waals surface area contributed by atoms with Crippen molar-refractivity contribution in [3.63, 3.8) is 0 Å². The van der Waals surface area contributed by atoms with Crippen LogP contribution in [-0.4, -0.2) is 11.4 Å². The van der Waals surface area contributed by atoms with Crippen molar-refractivity contribution in [1.29, 1.82) is 0 Å². The summed E-state index contributed by atoms with van der Waals surface area (Å²) in [5, 5.41) is 3.28. The van der Waals surface area contributed by atoms with Crippen molar-refractivity contribution in [3.05, 3.63) is 391 Å². The number of halogens is 2. The van der Waals surface area contributed by atoms with Crippen LogP contribution in [0.25, 0.3) is 10.8 Å². The number of aliphatic imine (C=N–C) groups is 2. The molecule has 0 radical (unpaired) electrons. The Bertz CT molecular complexity index is 3740. The van der Waals surface area contributed by atoms with Crippen molar-refractivity contribution in [3.8, 4) is 0 Å². The Balaban J connectivity index is 1.10. The first-order valence-electron chi connectivity index (χ1n) is 27.3. The fourth-order valence-corrected chi connectivity index (χ4v) is 12.7. The molecule has 80 heavy (non-hydrogen) atoms. The summed E-state index contributed by atoms with van der Waals surface area (Å²) in [5.74, 6) is -0.708. The lowest BCUT2D eigenvalue weighted by atomic mass is 9.79. The lowest BCUT2D eigenvalue weighted by Crippen LogP contribution is -2.13. The fraction of sp³-hybridized carbons (Fsp3) is 0.0526. The molecule has 0 fully saturated rings. The van der Waals surface area contributed by atoms with E-state index < -0.39 is 0 Å². The fourth-order valence-electron chi connectivity index (χ4n) is 12.2. The highest BCUT2D eigenvalue weighted by molar-refractivity contribution is 6.61. The van der Waals surface area contributed by atoms with Gasteiger partial charge in [-0.1, -0.05) is 314 Å². The molecule has 1 aliphatic carbocycles. The van der Waals surface area contributed by atoms with Gasteiger partial charge in [-0.25, -0.2) is 9.98 Å². The lowest BCUT2D eigenvalue weighted by molar-refractivity contribution is 0.939. The molecular formula is C76H54Cl2N2. The van der Waals surface area contributed by atoms with Crippen LogP contribution in [0.1, 0.15) is 102 Å². The van der Waals surface area contributed by atoms with Gasteiger partial charge in [0.25, 0.3) is 0 Å². The van der Waals surface area contributed by atoms with E-state index in [1.807, 2.05) is 0 Å². The van der Waals surface area contributed by atoms with E-state index in [2.05, 4.69) is 303 Å². The highest BCUT2D eigenvalue weighted by Gasteiger charge is 2.33. The van der Waals surface area contributed by atoms with Gasteiger partial charge < -0.3 is 0 Å². The van der Waals surface area contributed by atoms with Crippen molar-refractivity contribution in [2.24, 2.45) is 9.98 Å². The molecule has 0 saturated heterocycles. The standard InChI is InChI=1S/C76H54Cl2N2/c77-66-49-60(68(51-27-9-1-10-28-51)52-29-11-2-12-30-52)47-64(70(55-35-17-5-18-36-55)56-37-19-6-20-38-56)73(66)79-75-62-45-25-43-59-44-26-46-63(72(59)62)76(75)80-74-65(71(57-39-21-7-22-40-57)58-41-23-8-24-42-58)48-61(50-67(74)78)69(53-31-13-3-14-32-53)54-33-15-4-16-34-54/h1-50,68-71H. The molecule has 0 spiro atoms. The number of hydrogen-bond donors (Lipinski definition) is 0. The van der Waals surface area contributed by atoms with Crippen molar-refractivity contribution < 1.29 is 0 Å². The molecule has 0 aliphatic heterocycles. The summed E-state index contributed by atoms with van der Waals surface area (Å²) in [4.78, 5) is 11.9. The predicted octanol–water partition coefficient (Wildman–Crippen LogP) is 20.1. The average Bonchev–Trinajstić information content (AvgIpc) is 4.04. The monoisotopic (exact) mass is 1060 g/mol. The third-order valence-electron chi connectivity index (χ3n) is 15.7. The summed E-state index contributed by atoms with van der Waals surface area (Å²) < 4.78 is 0. The molecule has 12 aromatic carbocycles. The molecule has 0 amide bonds. The molecule has 0 bridgehead atoms. The Kier molecular flexibility index (Phi) is 14.3. The first-order valence-corrected chi connectivity index (χ1v) is 28.1. The van der Waals surface area contributed by atoms with E-state index in [1.165, 1.54) is 22.3 Å². The Labute approximate surface area is 478 Å². The Morgan fingerprint density at radius 2 is 0.487 bits per heavy atom. The van der Waals surface area contributed by atoms with Gasteiger partial charge in [0.15, 0.2) is 0 Å². The first kappa shape index (κ1) is 50.3. The molecule has 2 nitrogen and oxygen atoms in total. The van der Waals surface area contributed by atoms with Gasteiger partial charge in [0, 0.05) is 40.2 Å². The third kappa shape index (κ3) is 9.90. The van der Waals surface area contributed by atoms with Crippen LogP contribution in [0, 0.1) is 0 Å². The van der Waals surface area contributed by atoms with E-state index in [4.69, 9.17) is 33.2 Å². The van der Waals surface area contributed by atoms with Crippen molar-refractivity contribution in [1.82, 2.24) is 0 Å². The second-order valence-electron chi connectivity index (χ2n) is 20.5. The van der Waals surface area contributed by atoms with Gasteiger partial charge in [0.1, 0.15) is 0 Å². The molecule has 12 aromatic rings. The minimum atomic E-state index is -0.241. The van der Waals surface area contributed by atoms with Crippen LogP contribution < -0.4 is 0 Å². The number of nitrogens with zero attached hydrogens (tertiary/aromatic N) is 2. The van der Waals surface area contributed by atoms with Crippen molar-refractivity contribution >= 4 is 56.8 Å². The molecule has 0 N–H and O–H groups in total. The lowest BCUT2D eigenvalue weighted by Gasteiger charge is -2.26. The van der Waals surface area contributed by atoms with Crippen LogP contribution in [0.15, 0.2) is 313 Å². The zero-order valence-corrected chi connectivity index (χ0v) is 45.3. The summed E-state index contributed by atoms with van der Waals surface area (Å²) in [6.45, 7) is 0. The van der Waals surface area contributed by atoms with E-state index in [0.29, 0.717) is 21.4 Å². The molecular weight excluding hydrogens is 1010 g/mol. The van der Waals surface area contributed by atoms with Crippen LogP contribution in [0.2, 0.25) is 10.0 Å². The highest BCUT2D eigenvalue weighted by Crippen LogP contribution is 2.49. The van der Waals surface area contributed by atoms with Gasteiger partial charge in [-0.3, -0.25) is 0 Å². The molecule has 4 heteroatoms. The van der Waals surface area contributed by atoms with Gasteiger partial charge in [-0.2, -0.15) is 0 Å². The second-order valence-corrected chi connectivity index (χ2v) is 21.3. The molecule has 0 aromatic heterocycles. The average molecular weight is 1070 g/mol. The summed E-state index contributed by atoms with van der Waals surface area (Å²) >= 11 is 16.0. The minimum absolute atomic E-state index is 0.113. The zero-order chi connectivity index (χ0) is 53.8. The minimum Gasteiger partial charge on any atom is -0.244 e. The Morgan fingerprint density at radius 3 is 0.750 bits per heavy atom. The maximum absolute atomic E-state index is 7.98. The summed E-state index contributed by atoms with van der Waals surface area (Å²) in [7, 11) is 0. The van der Waals surface area contributed by atoms with Gasteiger partial charge >= 0.3 is 0 Å². The Morgan fingerprint density at radius 1 is 0.237 bits per heavy atom. The third-order valence-corrected chi connectivity index (χ3v) is 16.2. The van der Waals surface area contributed by atoms with E-state index in [0.717, 1.165) is 77.8 Å². The molecule has 0 heterocycles. The number of rotatable bonds is 14. The molecule has 13 rings (SSSR count). The molecule has 382 valence electrons. The van der Waals surface area contributed by atoms with Crippen LogP contribution in [0.4, 0.5) is 11.4 Å². The van der Waals surface area contributed by atoms with Gasteiger partial charge in [-0.15, -0.1) is 0 Å². The maximum Gasteiger partial charge on any atom is 0.0979 e. The first-order chi connectivity index (χ1) is 39.6. The quantitative estimate of drug-likeness (QED) is 0.0970. The van der Waals surface area contributed by atoms with E-state index in [9.17, 15) is 0 Å². The topological polar surface area (TPSA) is 24.7 Å². The summed E-state index contributed by atoms with van der Waals surface area (Å²) in [5.41, 5.74) is 18.1. The molecule has 0 atom stereocenters. The largest absolute Gasteiger partial charge is 0.244 e. The second kappa shape index (κ2) is 22.7. The number of hydrogen-bond acceptors (Lipinski definition) is 2. The van der Waals surface area contributed by atoms with E-state index >= 15 is 0 Å². The highest BCUT2D eigenvalue weighted by atomic mass is 35.5.